The zero-order valence-electron chi connectivity index (χ0n) is 14.5. The predicted molar refractivity (Wildman–Crippen MR) is 93.9 cm³/mol. The van der Waals surface area contributed by atoms with Gasteiger partial charge in [0.05, 0.1) is 13.7 Å². The third kappa shape index (κ3) is 6.40. The van der Waals surface area contributed by atoms with E-state index >= 15 is 0 Å². The maximum atomic E-state index is 9.10. The van der Waals surface area contributed by atoms with Crippen molar-refractivity contribution in [2.24, 2.45) is 0 Å². The Hall–Kier alpha value is -2.64. The van der Waals surface area contributed by atoms with Crippen molar-refractivity contribution in [2.75, 3.05) is 20.8 Å². The topological polar surface area (TPSA) is 105 Å². The first-order valence-corrected chi connectivity index (χ1v) is 7.63. The highest BCUT2D eigenvalue weighted by atomic mass is 16.5. The van der Waals surface area contributed by atoms with Crippen LogP contribution in [-0.4, -0.2) is 49.0 Å². The van der Waals surface area contributed by atoms with Gasteiger partial charge in [0.25, 0.3) is 0 Å². The molecule has 0 saturated carbocycles. The Bertz CT molecular complexity index is 704. The number of hydrogen-bond acceptors (Lipinski definition) is 5. The smallest absolute Gasteiger partial charge is 0.414 e. The molecule has 2 rings (SSSR count). The van der Waals surface area contributed by atoms with E-state index in [9.17, 15) is 0 Å². The number of carboxylic acid groups (broad SMARTS) is 2. The SMILES string of the molecule is COCC(C)NCc1ccc(OC)c2ccccc12.O=C(O)C(=O)O. The maximum Gasteiger partial charge on any atom is 0.414 e. The van der Waals surface area contributed by atoms with Gasteiger partial charge < -0.3 is 25.0 Å². The van der Waals surface area contributed by atoms with Gasteiger partial charge in [-0.3, -0.25) is 0 Å². The molecule has 0 aliphatic carbocycles. The number of nitrogens with one attached hydrogen (secondary N) is 1. The molecule has 2 aromatic carbocycles. The normalized spacial score (nSPS) is 11.3. The van der Waals surface area contributed by atoms with Crippen LogP contribution in [0.4, 0.5) is 0 Å². The van der Waals surface area contributed by atoms with Crippen molar-refractivity contribution in [3.63, 3.8) is 0 Å². The lowest BCUT2D eigenvalue weighted by Gasteiger charge is -2.15. The van der Waals surface area contributed by atoms with E-state index in [-0.39, 0.29) is 0 Å². The first-order chi connectivity index (χ1) is 11.9. The predicted octanol–water partition coefficient (Wildman–Crippen LogP) is 2.13. The van der Waals surface area contributed by atoms with E-state index in [1.54, 1.807) is 14.2 Å². The van der Waals surface area contributed by atoms with Crippen LogP contribution in [0, 0.1) is 0 Å². The van der Waals surface area contributed by atoms with Gasteiger partial charge in [0.15, 0.2) is 0 Å². The molecule has 0 radical (unpaired) electrons. The first kappa shape index (κ1) is 20.4. The molecule has 0 heterocycles. The lowest BCUT2D eigenvalue weighted by atomic mass is 10.0. The molecule has 2 aromatic rings. The lowest BCUT2D eigenvalue weighted by Crippen LogP contribution is -2.29. The summed E-state index contributed by atoms with van der Waals surface area (Å²) in [5.41, 5.74) is 1.28. The third-order valence-electron chi connectivity index (χ3n) is 3.43. The number of fused-ring (bicyclic) bond motifs is 1. The summed E-state index contributed by atoms with van der Waals surface area (Å²) in [4.78, 5) is 18.2. The van der Waals surface area contributed by atoms with Crippen molar-refractivity contribution < 1.29 is 29.3 Å². The molecule has 0 aliphatic rings. The summed E-state index contributed by atoms with van der Waals surface area (Å²) in [6, 6.07) is 12.8. The van der Waals surface area contributed by atoms with Crippen LogP contribution < -0.4 is 10.1 Å². The van der Waals surface area contributed by atoms with Gasteiger partial charge in [-0.15, -0.1) is 0 Å². The average Bonchev–Trinajstić information content (AvgIpc) is 2.60. The van der Waals surface area contributed by atoms with Crippen molar-refractivity contribution >= 4 is 22.7 Å². The molecule has 0 saturated heterocycles. The Morgan fingerprint density at radius 1 is 1.04 bits per heavy atom. The zero-order valence-corrected chi connectivity index (χ0v) is 14.5. The fraction of sp³-hybridized carbons (Fsp3) is 0.333. The van der Waals surface area contributed by atoms with E-state index in [2.05, 4.69) is 36.5 Å². The number of hydrogen-bond donors (Lipinski definition) is 3. The minimum absolute atomic E-state index is 0.339. The quantitative estimate of drug-likeness (QED) is 0.686. The van der Waals surface area contributed by atoms with Crippen molar-refractivity contribution in [1.82, 2.24) is 5.32 Å². The molecule has 7 nitrogen and oxygen atoms in total. The lowest BCUT2D eigenvalue weighted by molar-refractivity contribution is -0.159. The van der Waals surface area contributed by atoms with E-state index in [0.29, 0.717) is 12.6 Å². The molecular formula is C18H23NO6. The molecule has 0 aromatic heterocycles. The van der Waals surface area contributed by atoms with E-state index in [0.717, 1.165) is 17.7 Å². The van der Waals surface area contributed by atoms with Crippen molar-refractivity contribution in [1.29, 1.82) is 0 Å². The van der Waals surface area contributed by atoms with E-state index in [4.69, 9.17) is 29.3 Å². The minimum atomic E-state index is -1.82. The fourth-order valence-corrected chi connectivity index (χ4v) is 2.26. The highest BCUT2D eigenvalue weighted by Gasteiger charge is 2.07. The molecule has 3 N–H and O–H groups in total. The van der Waals surface area contributed by atoms with E-state index in [1.165, 1.54) is 10.9 Å². The second-order valence-corrected chi connectivity index (χ2v) is 5.32. The summed E-state index contributed by atoms with van der Waals surface area (Å²) in [6.07, 6.45) is 0. The van der Waals surface area contributed by atoms with E-state index in [1.807, 2.05) is 12.1 Å². The number of ether oxygens (including phenoxy) is 2. The molecule has 7 heteroatoms. The highest BCUT2D eigenvalue weighted by molar-refractivity contribution is 6.27. The van der Waals surface area contributed by atoms with Crippen molar-refractivity contribution in [3.05, 3.63) is 42.0 Å². The number of carboxylic acids is 2. The van der Waals surface area contributed by atoms with Crippen molar-refractivity contribution in [2.45, 2.75) is 19.5 Å². The van der Waals surface area contributed by atoms with E-state index < -0.39 is 11.9 Å². The van der Waals surface area contributed by atoms with Crippen molar-refractivity contribution in [3.8, 4) is 5.75 Å². The second kappa shape index (κ2) is 10.3. The van der Waals surface area contributed by atoms with Crippen LogP contribution in [0.25, 0.3) is 10.8 Å². The average molecular weight is 349 g/mol. The molecule has 0 bridgehead atoms. The van der Waals surface area contributed by atoms with Gasteiger partial charge in [0.1, 0.15) is 5.75 Å². The molecule has 25 heavy (non-hydrogen) atoms. The number of carbonyl (C=O) groups is 2. The van der Waals surface area contributed by atoms with Crippen LogP contribution >= 0.6 is 0 Å². The maximum absolute atomic E-state index is 9.10. The zero-order chi connectivity index (χ0) is 18.8. The summed E-state index contributed by atoms with van der Waals surface area (Å²) in [7, 11) is 3.43. The molecule has 1 unspecified atom stereocenters. The summed E-state index contributed by atoms with van der Waals surface area (Å²) in [5, 5.41) is 20.6. The summed E-state index contributed by atoms with van der Waals surface area (Å²) < 4.78 is 10.5. The van der Waals surface area contributed by atoms with Crippen LogP contribution in [0.3, 0.4) is 0 Å². The van der Waals surface area contributed by atoms with Gasteiger partial charge in [-0.2, -0.15) is 0 Å². The largest absolute Gasteiger partial charge is 0.496 e. The first-order valence-electron chi connectivity index (χ1n) is 7.63. The molecule has 0 spiro atoms. The molecular weight excluding hydrogens is 326 g/mol. The number of benzene rings is 2. The molecule has 0 amide bonds. The Balaban J connectivity index is 0.000000450. The summed E-state index contributed by atoms with van der Waals surface area (Å²) in [5.74, 6) is -2.73. The number of methoxy groups -OCH3 is 2. The summed E-state index contributed by atoms with van der Waals surface area (Å²) in [6.45, 7) is 3.67. The molecule has 0 aliphatic heterocycles. The van der Waals surface area contributed by atoms with Gasteiger partial charge in [-0.25, -0.2) is 9.59 Å². The van der Waals surface area contributed by atoms with Gasteiger partial charge in [-0.1, -0.05) is 30.3 Å². The molecule has 0 fully saturated rings. The van der Waals surface area contributed by atoms with Crippen LogP contribution in [0.5, 0.6) is 5.75 Å². The Morgan fingerprint density at radius 2 is 1.64 bits per heavy atom. The third-order valence-corrected chi connectivity index (χ3v) is 3.43. The van der Waals surface area contributed by atoms with Gasteiger partial charge in [0.2, 0.25) is 0 Å². The summed E-state index contributed by atoms with van der Waals surface area (Å²) >= 11 is 0. The Morgan fingerprint density at radius 3 is 2.16 bits per heavy atom. The van der Waals surface area contributed by atoms with Crippen LogP contribution in [0.1, 0.15) is 12.5 Å². The molecule has 1 atom stereocenters. The van der Waals surface area contributed by atoms with Crippen LogP contribution in [0.2, 0.25) is 0 Å². The van der Waals surface area contributed by atoms with Crippen LogP contribution in [-0.2, 0) is 20.9 Å². The highest BCUT2D eigenvalue weighted by Crippen LogP contribution is 2.28. The standard InChI is InChI=1S/C16H21NO2.C2H2O4/c1-12(11-18-2)17-10-13-8-9-16(19-3)15-7-5-4-6-14(13)15;3-1(4)2(5)6/h4-9,12,17H,10-11H2,1-3H3;(H,3,4)(H,5,6). The minimum Gasteiger partial charge on any atom is -0.496 e. The van der Waals surface area contributed by atoms with Gasteiger partial charge >= 0.3 is 11.9 Å². The fourth-order valence-electron chi connectivity index (χ4n) is 2.26. The number of aliphatic carboxylic acids is 2. The monoisotopic (exact) mass is 349 g/mol. The van der Waals surface area contributed by atoms with Gasteiger partial charge in [0, 0.05) is 25.1 Å². The van der Waals surface area contributed by atoms with Gasteiger partial charge in [-0.05, 0) is 23.9 Å². The second-order valence-electron chi connectivity index (χ2n) is 5.32. The molecule has 136 valence electrons. The Kier molecular flexibility index (Phi) is 8.38. The van der Waals surface area contributed by atoms with Crippen LogP contribution in [0.15, 0.2) is 36.4 Å². The Labute approximate surface area is 146 Å². The number of rotatable bonds is 6.